The first kappa shape index (κ1) is 14.7. The Morgan fingerprint density at radius 1 is 0.955 bits per heavy atom. The van der Waals surface area contributed by atoms with E-state index in [9.17, 15) is 8.78 Å². The van der Waals surface area contributed by atoms with Crippen LogP contribution in [0.15, 0.2) is 71.8 Å². The zero-order chi connectivity index (χ0) is 15.4. The summed E-state index contributed by atoms with van der Waals surface area (Å²) >= 11 is 0.469. The summed E-state index contributed by atoms with van der Waals surface area (Å²) in [5.74, 6) is 0. The van der Waals surface area contributed by atoms with Gasteiger partial charge in [0.25, 0.3) is 0 Å². The smallest absolute Gasteiger partial charge is 0.248 e. The monoisotopic (exact) mass is 317 g/mol. The van der Waals surface area contributed by atoms with Crippen molar-refractivity contribution in [3.8, 4) is 0 Å². The first-order chi connectivity index (χ1) is 10.6. The molecule has 0 saturated heterocycles. The molecule has 22 heavy (non-hydrogen) atoms. The normalized spacial score (nSPS) is 11.5. The minimum absolute atomic E-state index is 0.336. The van der Waals surface area contributed by atoms with E-state index in [0.717, 1.165) is 5.56 Å². The van der Waals surface area contributed by atoms with Gasteiger partial charge >= 0.3 is 5.25 Å². The molecule has 0 atom stereocenters. The van der Waals surface area contributed by atoms with Crippen LogP contribution < -0.4 is 0 Å². The van der Waals surface area contributed by atoms with E-state index in [-0.39, 0.29) is 5.69 Å². The van der Waals surface area contributed by atoms with Gasteiger partial charge in [-0.15, -0.1) is 5.10 Å². The molecule has 1 heterocycles. The van der Waals surface area contributed by atoms with Gasteiger partial charge < -0.3 is 0 Å². The van der Waals surface area contributed by atoms with Gasteiger partial charge in [0.15, 0.2) is 5.69 Å². The van der Waals surface area contributed by atoms with Crippen molar-refractivity contribution in [3.63, 3.8) is 0 Å². The summed E-state index contributed by atoms with van der Waals surface area (Å²) in [7, 11) is 0. The van der Waals surface area contributed by atoms with Crippen LogP contribution in [-0.4, -0.2) is 15.0 Å². The lowest BCUT2D eigenvalue weighted by Gasteiger charge is -2.12. The Morgan fingerprint density at radius 2 is 1.59 bits per heavy atom. The van der Waals surface area contributed by atoms with E-state index in [0.29, 0.717) is 23.2 Å². The van der Waals surface area contributed by atoms with Gasteiger partial charge in [-0.2, -0.15) is 8.78 Å². The fourth-order valence-corrected chi connectivity index (χ4v) is 2.76. The van der Waals surface area contributed by atoms with Gasteiger partial charge in [-0.1, -0.05) is 53.7 Å². The van der Waals surface area contributed by atoms with Crippen molar-refractivity contribution < 1.29 is 8.78 Å². The third kappa shape index (κ3) is 3.51. The van der Waals surface area contributed by atoms with Crippen LogP contribution >= 0.6 is 11.8 Å². The summed E-state index contributed by atoms with van der Waals surface area (Å²) in [5.41, 5.74) is 0.648. The minimum Gasteiger partial charge on any atom is -0.248 e. The average molecular weight is 317 g/mol. The SMILES string of the molecule is FC(F)(Sc1ccccc1)c1cn(Cc2ccccc2)nn1. The number of hydrogen-bond donors (Lipinski definition) is 0. The molecule has 0 amide bonds. The molecule has 0 N–H and O–H groups in total. The Balaban J connectivity index is 1.75. The Bertz CT molecular complexity index is 729. The van der Waals surface area contributed by atoms with Crippen LogP contribution in [0, 0.1) is 0 Å². The largest absolute Gasteiger partial charge is 0.343 e. The first-order valence-corrected chi connectivity index (χ1v) is 7.51. The highest BCUT2D eigenvalue weighted by Crippen LogP contribution is 2.43. The Hall–Kier alpha value is -2.21. The lowest BCUT2D eigenvalue weighted by Crippen LogP contribution is -2.08. The second-order valence-electron chi connectivity index (χ2n) is 4.72. The molecule has 0 aliphatic rings. The molecule has 0 fully saturated rings. The molecular weight excluding hydrogens is 304 g/mol. The third-order valence-electron chi connectivity index (χ3n) is 3.01. The molecule has 0 spiro atoms. The van der Waals surface area contributed by atoms with Crippen LogP contribution in [0.3, 0.4) is 0 Å². The summed E-state index contributed by atoms with van der Waals surface area (Å²) in [6.45, 7) is 0.417. The van der Waals surface area contributed by atoms with E-state index in [2.05, 4.69) is 10.3 Å². The summed E-state index contributed by atoms with van der Waals surface area (Å²) < 4.78 is 29.9. The number of thioether (sulfide) groups is 1. The number of rotatable bonds is 5. The molecule has 0 radical (unpaired) electrons. The van der Waals surface area contributed by atoms with Gasteiger partial charge in [0.1, 0.15) is 0 Å². The van der Waals surface area contributed by atoms with E-state index < -0.39 is 5.25 Å². The van der Waals surface area contributed by atoms with Gasteiger partial charge in [0.05, 0.1) is 12.7 Å². The first-order valence-electron chi connectivity index (χ1n) is 6.70. The molecule has 0 aliphatic heterocycles. The van der Waals surface area contributed by atoms with Gasteiger partial charge in [-0.25, -0.2) is 4.68 Å². The molecule has 112 valence electrons. The number of benzene rings is 2. The van der Waals surface area contributed by atoms with Crippen molar-refractivity contribution in [1.82, 2.24) is 15.0 Å². The number of hydrogen-bond acceptors (Lipinski definition) is 3. The molecule has 0 bridgehead atoms. The van der Waals surface area contributed by atoms with Crippen molar-refractivity contribution in [1.29, 1.82) is 0 Å². The van der Waals surface area contributed by atoms with E-state index in [4.69, 9.17) is 0 Å². The minimum atomic E-state index is -3.11. The summed E-state index contributed by atoms with van der Waals surface area (Å²) in [6, 6.07) is 18.1. The maximum absolute atomic E-state index is 14.2. The molecule has 1 aromatic heterocycles. The van der Waals surface area contributed by atoms with Gasteiger partial charge in [0, 0.05) is 4.90 Å². The van der Waals surface area contributed by atoms with Crippen LogP contribution in [0.25, 0.3) is 0 Å². The highest BCUT2D eigenvalue weighted by atomic mass is 32.2. The number of halogens is 2. The molecular formula is C16H13F2N3S. The summed E-state index contributed by atoms with van der Waals surface area (Å²) in [6.07, 6.45) is 1.29. The molecule has 0 unspecified atom stereocenters. The summed E-state index contributed by atoms with van der Waals surface area (Å²) in [5, 5.41) is 4.30. The second-order valence-corrected chi connectivity index (χ2v) is 5.91. The molecule has 0 saturated carbocycles. The number of alkyl halides is 2. The highest BCUT2D eigenvalue weighted by Gasteiger charge is 2.36. The molecule has 6 heteroatoms. The number of nitrogens with zero attached hydrogens (tertiary/aromatic N) is 3. The zero-order valence-corrected chi connectivity index (χ0v) is 12.4. The quantitative estimate of drug-likeness (QED) is 0.662. The third-order valence-corrected chi connectivity index (χ3v) is 3.99. The Kier molecular flexibility index (Phi) is 4.20. The standard InChI is InChI=1S/C16H13F2N3S/c17-16(18,22-14-9-5-2-6-10-14)15-12-21(20-19-15)11-13-7-3-1-4-8-13/h1-10,12H,11H2. The molecule has 0 aliphatic carbocycles. The van der Waals surface area contributed by atoms with Crippen LogP contribution in [0.4, 0.5) is 8.78 Å². The summed E-state index contributed by atoms with van der Waals surface area (Å²) in [4.78, 5) is 0.491. The number of aromatic nitrogens is 3. The van der Waals surface area contributed by atoms with Crippen molar-refractivity contribution in [2.45, 2.75) is 16.7 Å². The van der Waals surface area contributed by atoms with Crippen molar-refractivity contribution in [2.24, 2.45) is 0 Å². The molecule has 3 rings (SSSR count). The van der Waals surface area contributed by atoms with Gasteiger partial charge in [-0.05, 0) is 29.5 Å². The second kappa shape index (κ2) is 6.27. The van der Waals surface area contributed by atoms with Crippen molar-refractivity contribution >= 4 is 11.8 Å². The lowest BCUT2D eigenvalue weighted by molar-refractivity contribution is 0.0998. The van der Waals surface area contributed by atoms with E-state index in [1.807, 2.05) is 30.3 Å². The molecule has 2 aromatic carbocycles. The predicted molar refractivity (Wildman–Crippen MR) is 81.8 cm³/mol. The highest BCUT2D eigenvalue weighted by molar-refractivity contribution is 8.00. The van der Waals surface area contributed by atoms with Crippen molar-refractivity contribution in [2.75, 3.05) is 0 Å². The van der Waals surface area contributed by atoms with E-state index >= 15 is 0 Å². The average Bonchev–Trinajstić information content (AvgIpc) is 2.98. The fourth-order valence-electron chi connectivity index (χ4n) is 1.97. The molecule has 3 nitrogen and oxygen atoms in total. The topological polar surface area (TPSA) is 30.7 Å². The lowest BCUT2D eigenvalue weighted by atomic mass is 10.2. The van der Waals surface area contributed by atoms with Crippen LogP contribution in [0.2, 0.25) is 0 Å². The van der Waals surface area contributed by atoms with E-state index in [1.54, 1.807) is 30.3 Å². The maximum atomic E-state index is 14.2. The van der Waals surface area contributed by atoms with Gasteiger partial charge in [-0.3, -0.25) is 0 Å². The zero-order valence-electron chi connectivity index (χ0n) is 11.6. The Labute approximate surface area is 131 Å². The predicted octanol–water partition coefficient (Wildman–Crippen LogP) is 4.17. The van der Waals surface area contributed by atoms with Crippen LogP contribution in [-0.2, 0) is 11.8 Å². The molecule has 3 aromatic rings. The van der Waals surface area contributed by atoms with Crippen molar-refractivity contribution in [3.05, 3.63) is 78.1 Å². The van der Waals surface area contributed by atoms with Crippen LogP contribution in [0.1, 0.15) is 11.3 Å². The maximum Gasteiger partial charge on any atom is 0.343 e. The van der Waals surface area contributed by atoms with E-state index in [1.165, 1.54) is 10.9 Å². The fraction of sp³-hybridized carbons (Fsp3) is 0.125. The Morgan fingerprint density at radius 3 is 2.27 bits per heavy atom. The van der Waals surface area contributed by atoms with Gasteiger partial charge in [0.2, 0.25) is 0 Å². The van der Waals surface area contributed by atoms with Crippen LogP contribution in [0.5, 0.6) is 0 Å².